The first kappa shape index (κ1) is 16.2. The summed E-state index contributed by atoms with van der Waals surface area (Å²) in [6, 6.07) is 5.44. The molecule has 19 heavy (non-hydrogen) atoms. The van der Waals surface area contributed by atoms with Crippen LogP contribution in [0.1, 0.15) is 12.5 Å². The van der Waals surface area contributed by atoms with Gasteiger partial charge in [-0.15, -0.1) is 0 Å². The molecule has 0 aliphatic rings. The van der Waals surface area contributed by atoms with Crippen LogP contribution in [0.3, 0.4) is 0 Å². The summed E-state index contributed by atoms with van der Waals surface area (Å²) in [5.74, 6) is 0.714. The van der Waals surface area contributed by atoms with Gasteiger partial charge in [-0.25, -0.2) is 0 Å². The van der Waals surface area contributed by atoms with E-state index in [0.29, 0.717) is 23.9 Å². The molecular formula is C14H22ClNO3. The highest BCUT2D eigenvalue weighted by Crippen LogP contribution is 2.20. The molecule has 1 aromatic rings. The van der Waals surface area contributed by atoms with Crippen LogP contribution in [0.25, 0.3) is 0 Å². The molecule has 0 bridgehead atoms. The van der Waals surface area contributed by atoms with Crippen molar-refractivity contribution in [3.63, 3.8) is 0 Å². The van der Waals surface area contributed by atoms with E-state index >= 15 is 0 Å². The van der Waals surface area contributed by atoms with Crippen LogP contribution in [-0.2, 0) is 4.74 Å². The molecule has 0 aromatic heterocycles. The fourth-order valence-corrected chi connectivity index (χ4v) is 1.61. The van der Waals surface area contributed by atoms with E-state index in [9.17, 15) is 5.11 Å². The lowest BCUT2D eigenvalue weighted by molar-refractivity contribution is 0.0904. The molecule has 4 nitrogen and oxygen atoms in total. The van der Waals surface area contributed by atoms with Crippen LogP contribution in [0.15, 0.2) is 18.2 Å². The Morgan fingerprint density at radius 2 is 2.11 bits per heavy atom. The maximum atomic E-state index is 9.77. The van der Waals surface area contributed by atoms with E-state index < -0.39 is 6.10 Å². The number of rotatable bonds is 8. The van der Waals surface area contributed by atoms with Gasteiger partial charge in [0, 0.05) is 25.2 Å². The molecule has 0 radical (unpaired) electrons. The lowest BCUT2D eigenvalue weighted by Gasteiger charge is -2.15. The molecule has 0 saturated heterocycles. The number of halogens is 1. The Morgan fingerprint density at radius 1 is 1.37 bits per heavy atom. The number of aryl methyl sites for hydroxylation is 1. The van der Waals surface area contributed by atoms with Gasteiger partial charge in [0.15, 0.2) is 0 Å². The molecule has 0 spiro atoms. The second-order valence-corrected chi connectivity index (χ2v) is 4.99. The SMILES string of the molecule is COC(C)CNCC(O)COc1ccc(Cl)c(C)c1. The molecule has 2 N–H and O–H groups in total. The fourth-order valence-electron chi connectivity index (χ4n) is 1.49. The minimum atomic E-state index is -0.556. The lowest BCUT2D eigenvalue weighted by Crippen LogP contribution is -2.35. The van der Waals surface area contributed by atoms with Crippen LogP contribution in [0, 0.1) is 6.92 Å². The largest absolute Gasteiger partial charge is 0.491 e. The molecule has 108 valence electrons. The zero-order valence-corrected chi connectivity index (χ0v) is 12.4. The first-order chi connectivity index (χ1) is 9.02. The maximum absolute atomic E-state index is 9.77. The molecular weight excluding hydrogens is 266 g/mol. The summed E-state index contributed by atoms with van der Waals surface area (Å²) >= 11 is 5.93. The molecule has 5 heteroatoms. The number of benzene rings is 1. The van der Waals surface area contributed by atoms with Gasteiger partial charge in [0.05, 0.1) is 6.10 Å². The van der Waals surface area contributed by atoms with Gasteiger partial charge >= 0.3 is 0 Å². The van der Waals surface area contributed by atoms with E-state index in [1.165, 1.54) is 0 Å². The van der Waals surface area contributed by atoms with Gasteiger partial charge in [0.2, 0.25) is 0 Å². The molecule has 0 fully saturated rings. The summed E-state index contributed by atoms with van der Waals surface area (Å²) in [4.78, 5) is 0. The molecule has 1 rings (SSSR count). The lowest BCUT2D eigenvalue weighted by atomic mass is 10.2. The van der Waals surface area contributed by atoms with Crippen LogP contribution in [0.5, 0.6) is 5.75 Å². The topological polar surface area (TPSA) is 50.7 Å². The van der Waals surface area contributed by atoms with Crippen molar-refractivity contribution in [2.45, 2.75) is 26.1 Å². The van der Waals surface area contributed by atoms with Crippen LogP contribution in [0.4, 0.5) is 0 Å². The number of hydrogen-bond acceptors (Lipinski definition) is 4. The van der Waals surface area contributed by atoms with E-state index in [2.05, 4.69) is 5.32 Å². The van der Waals surface area contributed by atoms with E-state index in [-0.39, 0.29) is 12.7 Å². The summed E-state index contributed by atoms with van der Waals surface area (Å²) in [7, 11) is 1.66. The Morgan fingerprint density at radius 3 is 2.74 bits per heavy atom. The molecule has 2 atom stereocenters. The standard InChI is InChI=1S/C14H22ClNO3/c1-10-6-13(4-5-14(10)15)19-9-12(17)8-16-7-11(2)18-3/h4-6,11-12,16-17H,7-9H2,1-3H3. The van der Waals surface area contributed by atoms with Gasteiger partial charge in [-0.05, 0) is 37.6 Å². The molecule has 0 aliphatic heterocycles. The zero-order chi connectivity index (χ0) is 14.3. The van der Waals surface area contributed by atoms with E-state index in [0.717, 1.165) is 5.56 Å². The van der Waals surface area contributed by atoms with Crippen molar-refractivity contribution in [1.82, 2.24) is 5.32 Å². The van der Waals surface area contributed by atoms with Crippen molar-refractivity contribution in [2.24, 2.45) is 0 Å². The van der Waals surface area contributed by atoms with Crippen molar-refractivity contribution in [3.05, 3.63) is 28.8 Å². The Labute approximate surface area is 119 Å². The highest BCUT2D eigenvalue weighted by atomic mass is 35.5. The van der Waals surface area contributed by atoms with Gasteiger partial charge in [-0.2, -0.15) is 0 Å². The minimum absolute atomic E-state index is 0.132. The maximum Gasteiger partial charge on any atom is 0.119 e. The van der Waals surface area contributed by atoms with Gasteiger partial charge in [-0.3, -0.25) is 0 Å². The van der Waals surface area contributed by atoms with Crippen molar-refractivity contribution in [1.29, 1.82) is 0 Å². The van der Waals surface area contributed by atoms with Crippen molar-refractivity contribution >= 4 is 11.6 Å². The number of aliphatic hydroxyl groups is 1. The number of nitrogens with one attached hydrogen (secondary N) is 1. The second-order valence-electron chi connectivity index (χ2n) is 4.58. The third-order valence-corrected chi connectivity index (χ3v) is 3.21. The summed E-state index contributed by atoms with van der Waals surface area (Å²) in [6.07, 6.45) is -0.424. The third kappa shape index (κ3) is 6.25. The predicted octanol–water partition coefficient (Wildman–Crippen LogP) is 2.01. The number of ether oxygens (including phenoxy) is 2. The summed E-state index contributed by atoms with van der Waals surface area (Å²) in [5, 5.41) is 13.6. The predicted molar refractivity (Wildman–Crippen MR) is 77.0 cm³/mol. The van der Waals surface area contributed by atoms with Gasteiger partial charge in [0.1, 0.15) is 18.5 Å². The van der Waals surface area contributed by atoms with Crippen LogP contribution in [-0.4, -0.2) is 44.1 Å². The first-order valence-electron chi connectivity index (χ1n) is 6.33. The average Bonchev–Trinajstić information content (AvgIpc) is 2.40. The molecule has 2 unspecified atom stereocenters. The Balaban J connectivity index is 2.25. The normalized spacial score (nSPS) is 14.2. The molecule has 0 amide bonds. The summed E-state index contributed by atoms with van der Waals surface area (Å²) < 4.78 is 10.6. The Bertz CT molecular complexity index is 387. The molecule has 0 aliphatic carbocycles. The first-order valence-corrected chi connectivity index (χ1v) is 6.71. The van der Waals surface area contributed by atoms with Crippen molar-refractivity contribution < 1.29 is 14.6 Å². The van der Waals surface area contributed by atoms with Crippen molar-refractivity contribution in [3.8, 4) is 5.75 Å². The highest BCUT2D eigenvalue weighted by Gasteiger charge is 2.07. The quantitative estimate of drug-likeness (QED) is 0.768. The zero-order valence-electron chi connectivity index (χ0n) is 11.6. The van der Waals surface area contributed by atoms with E-state index in [4.69, 9.17) is 21.1 Å². The highest BCUT2D eigenvalue weighted by molar-refractivity contribution is 6.31. The smallest absolute Gasteiger partial charge is 0.119 e. The minimum Gasteiger partial charge on any atom is -0.491 e. The molecule has 0 saturated carbocycles. The fraction of sp³-hybridized carbons (Fsp3) is 0.571. The van der Waals surface area contributed by atoms with Gasteiger partial charge in [0.25, 0.3) is 0 Å². The van der Waals surface area contributed by atoms with Crippen LogP contribution < -0.4 is 10.1 Å². The summed E-state index contributed by atoms with van der Waals surface area (Å²) in [5.41, 5.74) is 0.959. The van der Waals surface area contributed by atoms with E-state index in [1.807, 2.05) is 19.9 Å². The van der Waals surface area contributed by atoms with Crippen molar-refractivity contribution in [2.75, 3.05) is 26.8 Å². The Hall–Kier alpha value is -0.810. The summed E-state index contributed by atoms with van der Waals surface area (Å²) in [6.45, 7) is 5.30. The third-order valence-electron chi connectivity index (χ3n) is 2.79. The van der Waals surface area contributed by atoms with E-state index in [1.54, 1.807) is 19.2 Å². The molecule has 0 heterocycles. The second kappa shape index (κ2) is 8.38. The number of methoxy groups -OCH3 is 1. The van der Waals surface area contributed by atoms with Gasteiger partial charge < -0.3 is 19.9 Å². The van der Waals surface area contributed by atoms with Crippen LogP contribution in [0.2, 0.25) is 5.02 Å². The van der Waals surface area contributed by atoms with Crippen LogP contribution >= 0.6 is 11.6 Å². The molecule has 1 aromatic carbocycles. The Kier molecular flexibility index (Phi) is 7.16. The van der Waals surface area contributed by atoms with Gasteiger partial charge in [-0.1, -0.05) is 11.6 Å². The average molecular weight is 288 g/mol. The number of aliphatic hydroxyl groups excluding tert-OH is 1. The number of hydrogen-bond donors (Lipinski definition) is 2. The monoisotopic (exact) mass is 287 g/mol.